The summed E-state index contributed by atoms with van der Waals surface area (Å²) in [5, 5.41) is 2.29. The van der Waals surface area contributed by atoms with Crippen molar-refractivity contribution >= 4 is 38.2 Å². The second kappa shape index (κ2) is 8.41. The summed E-state index contributed by atoms with van der Waals surface area (Å²) in [6.07, 6.45) is 1.14. The van der Waals surface area contributed by atoms with Crippen LogP contribution in [0.1, 0.15) is 35.5 Å². The molecule has 1 aromatic carbocycles. The maximum Gasteiger partial charge on any atom is 0.338 e. The van der Waals surface area contributed by atoms with Crippen LogP contribution in [0.25, 0.3) is 0 Å². The van der Waals surface area contributed by atoms with Crippen molar-refractivity contribution in [2.24, 2.45) is 0 Å². The molecule has 2 aromatic rings. The third-order valence-electron chi connectivity index (χ3n) is 3.41. The summed E-state index contributed by atoms with van der Waals surface area (Å²) in [6, 6.07) is 6.33. The van der Waals surface area contributed by atoms with Crippen LogP contribution in [0.15, 0.2) is 29.6 Å². The van der Waals surface area contributed by atoms with Crippen molar-refractivity contribution in [3.05, 3.63) is 46.5 Å². The summed E-state index contributed by atoms with van der Waals surface area (Å²) in [6.45, 7) is 3.80. The monoisotopic (exact) mass is 396 g/mol. The number of sulfone groups is 1. The van der Waals surface area contributed by atoms with E-state index in [-0.39, 0.29) is 23.8 Å². The number of hydrogen-bond donors (Lipinski definition) is 0. The Morgan fingerprint density at radius 1 is 1.31 bits per heavy atom. The van der Waals surface area contributed by atoms with Crippen molar-refractivity contribution in [1.82, 2.24) is 4.98 Å². The average Bonchev–Trinajstić information content (AvgIpc) is 3.00. The largest absolute Gasteiger partial charge is 0.456 e. The van der Waals surface area contributed by atoms with Crippen molar-refractivity contribution in [3.63, 3.8) is 0 Å². The van der Waals surface area contributed by atoms with Crippen LogP contribution in [0.5, 0.6) is 0 Å². The second-order valence-electron chi connectivity index (χ2n) is 5.73. The normalized spacial score (nSPS) is 11.2. The minimum Gasteiger partial charge on any atom is -0.456 e. The van der Waals surface area contributed by atoms with Gasteiger partial charge < -0.3 is 4.74 Å². The first kappa shape index (κ1) is 20.1. The minimum atomic E-state index is -3.18. The fourth-order valence-electron chi connectivity index (χ4n) is 2.29. The van der Waals surface area contributed by atoms with E-state index >= 15 is 0 Å². The van der Waals surface area contributed by atoms with E-state index in [2.05, 4.69) is 4.98 Å². The van der Waals surface area contributed by atoms with Gasteiger partial charge in [-0.3, -0.25) is 9.69 Å². The highest BCUT2D eigenvalue weighted by molar-refractivity contribution is 7.89. The van der Waals surface area contributed by atoms with Crippen LogP contribution in [0.3, 0.4) is 0 Å². The zero-order valence-corrected chi connectivity index (χ0v) is 16.4. The van der Waals surface area contributed by atoms with Crippen LogP contribution in [-0.2, 0) is 31.7 Å². The molecule has 7 nitrogen and oxygen atoms in total. The van der Waals surface area contributed by atoms with Crippen molar-refractivity contribution in [2.45, 2.75) is 26.2 Å². The smallest absolute Gasteiger partial charge is 0.338 e. The number of amides is 1. The van der Waals surface area contributed by atoms with Crippen molar-refractivity contribution in [1.29, 1.82) is 0 Å². The van der Waals surface area contributed by atoms with E-state index in [9.17, 15) is 18.0 Å². The van der Waals surface area contributed by atoms with Crippen LogP contribution in [0.2, 0.25) is 0 Å². The topological polar surface area (TPSA) is 93.6 Å². The van der Waals surface area contributed by atoms with Crippen LogP contribution in [0, 0.1) is 0 Å². The maximum atomic E-state index is 12.2. The molecule has 26 heavy (non-hydrogen) atoms. The van der Waals surface area contributed by atoms with Crippen LogP contribution in [-0.4, -0.2) is 38.1 Å². The average molecular weight is 396 g/mol. The van der Waals surface area contributed by atoms with Gasteiger partial charge >= 0.3 is 5.97 Å². The lowest BCUT2D eigenvalue weighted by molar-refractivity contribution is -0.116. The zero-order chi connectivity index (χ0) is 19.3. The molecule has 0 aliphatic rings. The molecular weight excluding hydrogens is 376 g/mol. The molecule has 2 rings (SSSR count). The highest BCUT2D eigenvalue weighted by Gasteiger charge is 2.15. The molecule has 0 saturated heterocycles. The van der Waals surface area contributed by atoms with Gasteiger partial charge in [0.25, 0.3) is 0 Å². The van der Waals surface area contributed by atoms with E-state index in [0.717, 1.165) is 6.26 Å². The lowest BCUT2D eigenvalue weighted by atomic mass is 10.1. The number of rotatable bonds is 7. The molecule has 0 N–H and O–H groups in total. The standard InChI is InChI=1S/C17H20N2O5S2/c1-4-19(12(2)20)17-18-15(10-25-17)9-24-16(21)14-7-5-6-13(8-14)11-26(3,22)23/h5-8,10H,4,9,11H2,1-3H3. The lowest BCUT2D eigenvalue weighted by Crippen LogP contribution is -2.27. The number of thiazole rings is 1. The highest BCUT2D eigenvalue weighted by Crippen LogP contribution is 2.21. The zero-order valence-electron chi connectivity index (χ0n) is 14.8. The molecule has 1 heterocycles. The Kier molecular flexibility index (Phi) is 6.49. The van der Waals surface area contributed by atoms with Crippen LogP contribution < -0.4 is 4.90 Å². The summed E-state index contributed by atoms with van der Waals surface area (Å²) < 4.78 is 28.0. The fraction of sp³-hybridized carbons (Fsp3) is 0.353. The van der Waals surface area contributed by atoms with Gasteiger partial charge in [-0.05, 0) is 24.6 Å². The molecule has 9 heteroatoms. The van der Waals surface area contributed by atoms with Gasteiger partial charge in [0.05, 0.1) is 17.0 Å². The van der Waals surface area contributed by atoms with E-state index in [1.165, 1.54) is 29.2 Å². The molecule has 0 atom stereocenters. The van der Waals surface area contributed by atoms with Crippen molar-refractivity contribution in [3.8, 4) is 0 Å². The van der Waals surface area contributed by atoms with E-state index in [1.54, 1.807) is 23.6 Å². The van der Waals surface area contributed by atoms with E-state index in [4.69, 9.17) is 4.74 Å². The Hall–Kier alpha value is -2.26. The summed E-state index contributed by atoms with van der Waals surface area (Å²) in [5.74, 6) is -0.802. The highest BCUT2D eigenvalue weighted by atomic mass is 32.2. The van der Waals surface area contributed by atoms with Gasteiger partial charge in [0.1, 0.15) is 6.61 Å². The summed E-state index contributed by atoms with van der Waals surface area (Å²) in [4.78, 5) is 29.5. The molecule has 1 aromatic heterocycles. The Morgan fingerprint density at radius 3 is 2.65 bits per heavy atom. The Balaban J connectivity index is 2.02. The van der Waals surface area contributed by atoms with Crippen molar-refractivity contribution < 1.29 is 22.7 Å². The number of anilines is 1. The first-order chi connectivity index (χ1) is 12.2. The molecule has 0 bridgehead atoms. The van der Waals surface area contributed by atoms with Gasteiger partial charge in [0.2, 0.25) is 5.91 Å². The van der Waals surface area contributed by atoms with Gasteiger partial charge in [-0.25, -0.2) is 18.2 Å². The third-order valence-corrected chi connectivity index (χ3v) is 5.18. The number of hydrogen-bond acceptors (Lipinski definition) is 7. The summed E-state index contributed by atoms with van der Waals surface area (Å²) in [5.41, 5.74) is 1.35. The molecule has 0 fully saturated rings. The van der Waals surface area contributed by atoms with E-state index in [1.807, 2.05) is 6.92 Å². The lowest BCUT2D eigenvalue weighted by Gasteiger charge is -2.14. The summed E-state index contributed by atoms with van der Waals surface area (Å²) >= 11 is 1.30. The molecule has 0 aliphatic carbocycles. The molecule has 0 spiro atoms. The molecule has 0 unspecified atom stereocenters. The van der Waals surface area contributed by atoms with Gasteiger partial charge in [-0.15, -0.1) is 11.3 Å². The third kappa shape index (κ3) is 5.63. The quantitative estimate of drug-likeness (QED) is 0.667. The number of nitrogens with zero attached hydrogens (tertiary/aromatic N) is 2. The number of carbonyl (C=O) groups excluding carboxylic acids is 2. The van der Waals surface area contributed by atoms with Crippen molar-refractivity contribution in [2.75, 3.05) is 17.7 Å². The fourth-order valence-corrected chi connectivity index (χ4v) is 3.99. The summed E-state index contributed by atoms with van der Waals surface area (Å²) in [7, 11) is -3.18. The molecule has 0 saturated carbocycles. The Bertz CT molecular complexity index is 905. The maximum absolute atomic E-state index is 12.2. The van der Waals surface area contributed by atoms with Crippen LogP contribution in [0.4, 0.5) is 5.13 Å². The number of ether oxygens (including phenoxy) is 1. The van der Waals surface area contributed by atoms with Gasteiger partial charge in [-0.1, -0.05) is 12.1 Å². The molecule has 1 amide bonds. The molecule has 0 aliphatic heterocycles. The predicted molar refractivity (Wildman–Crippen MR) is 99.9 cm³/mol. The minimum absolute atomic E-state index is 0.0267. The number of carbonyl (C=O) groups is 2. The van der Waals surface area contributed by atoms with Gasteiger partial charge in [0.15, 0.2) is 15.0 Å². The van der Waals surface area contributed by atoms with E-state index in [0.29, 0.717) is 22.9 Å². The number of aromatic nitrogens is 1. The number of benzene rings is 1. The van der Waals surface area contributed by atoms with Gasteiger partial charge in [0, 0.05) is 25.1 Å². The molecular formula is C17H20N2O5S2. The predicted octanol–water partition coefficient (Wildman–Crippen LogP) is 2.42. The first-order valence-corrected chi connectivity index (χ1v) is 10.8. The molecule has 140 valence electrons. The second-order valence-corrected chi connectivity index (χ2v) is 8.71. The van der Waals surface area contributed by atoms with Crippen LogP contribution >= 0.6 is 11.3 Å². The van der Waals surface area contributed by atoms with Gasteiger partial charge in [-0.2, -0.15) is 0 Å². The molecule has 0 radical (unpaired) electrons. The first-order valence-electron chi connectivity index (χ1n) is 7.86. The number of esters is 1. The SMILES string of the molecule is CCN(C(C)=O)c1nc(COC(=O)c2cccc(CS(C)(=O)=O)c2)cs1. The Labute approximate surface area is 156 Å². The van der Waals surface area contributed by atoms with E-state index < -0.39 is 15.8 Å². The Morgan fingerprint density at radius 2 is 2.04 bits per heavy atom.